The molecule has 4 nitrogen and oxygen atoms in total. The summed E-state index contributed by atoms with van der Waals surface area (Å²) in [6.45, 7) is 0. The van der Waals surface area contributed by atoms with Crippen LogP contribution in [0.5, 0.6) is 0 Å². The van der Waals surface area contributed by atoms with Gasteiger partial charge in [0, 0.05) is 6.04 Å². The van der Waals surface area contributed by atoms with Gasteiger partial charge in [0.1, 0.15) is 0 Å². The van der Waals surface area contributed by atoms with E-state index in [-0.39, 0.29) is 5.82 Å². The van der Waals surface area contributed by atoms with Crippen LogP contribution in [0.15, 0.2) is 24.3 Å². The van der Waals surface area contributed by atoms with E-state index in [0.717, 1.165) is 23.9 Å². The number of para-hydroxylation sites is 2. The third kappa shape index (κ3) is 1.21. The number of carboxylic acids is 1. The fourth-order valence-corrected chi connectivity index (χ4v) is 1.90. The van der Waals surface area contributed by atoms with Crippen molar-refractivity contribution in [3.63, 3.8) is 0 Å². The molecule has 2 aromatic rings. The van der Waals surface area contributed by atoms with Gasteiger partial charge in [-0.2, -0.15) is 0 Å². The first-order valence-corrected chi connectivity index (χ1v) is 4.97. The maximum absolute atomic E-state index is 11.0. The Morgan fingerprint density at radius 3 is 2.80 bits per heavy atom. The van der Waals surface area contributed by atoms with Gasteiger partial charge in [-0.1, -0.05) is 12.1 Å². The van der Waals surface area contributed by atoms with Gasteiger partial charge >= 0.3 is 5.97 Å². The summed E-state index contributed by atoms with van der Waals surface area (Å²) in [5, 5.41) is 9.06. The zero-order valence-electron chi connectivity index (χ0n) is 8.05. The number of rotatable bonds is 2. The minimum atomic E-state index is -0.946. The van der Waals surface area contributed by atoms with Gasteiger partial charge in [-0.3, -0.25) is 0 Å². The fraction of sp³-hybridized carbons (Fsp3) is 0.273. The third-order valence-corrected chi connectivity index (χ3v) is 2.70. The predicted molar refractivity (Wildman–Crippen MR) is 55.0 cm³/mol. The highest BCUT2D eigenvalue weighted by Crippen LogP contribution is 2.38. The normalized spacial score (nSPS) is 15.7. The maximum atomic E-state index is 11.0. The van der Waals surface area contributed by atoms with E-state index < -0.39 is 5.97 Å². The van der Waals surface area contributed by atoms with Crippen LogP contribution in [0.2, 0.25) is 0 Å². The molecule has 3 rings (SSSR count). The van der Waals surface area contributed by atoms with Crippen molar-refractivity contribution in [1.82, 2.24) is 9.55 Å². The Kier molecular flexibility index (Phi) is 1.59. The first-order chi connectivity index (χ1) is 7.27. The van der Waals surface area contributed by atoms with Crippen molar-refractivity contribution < 1.29 is 9.90 Å². The second-order valence-corrected chi connectivity index (χ2v) is 3.83. The molecule has 4 heteroatoms. The molecule has 0 aliphatic heterocycles. The summed E-state index contributed by atoms with van der Waals surface area (Å²) in [5.41, 5.74) is 1.69. The number of imidazole rings is 1. The van der Waals surface area contributed by atoms with Gasteiger partial charge in [-0.15, -0.1) is 0 Å². The molecule has 1 N–H and O–H groups in total. The Morgan fingerprint density at radius 1 is 1.40 bits per heavy atom. The van der Waals surface area contributed by atoms with Crippen molar-refractivity contribution in [2.24, 2.45) is 0 Å². The molecule has 0 radical (unpaired) electrons. The van der Waals surface area contributed by atoms with Crippen molar-refractivity contribution in [3.8, 4) is 0 Å². The van der Waals surface area contributed by atoms with E-state index in [1.807, 2.05) is 28.8 Å². The highest BCUT2D eigenvalue weighted by Gasteiger charge is 2.30. The van der Waals surface area contributed by atoms with Crippen molar-refractivity contribution >= 4 is 17.0 Å². The van der Waals surface area contributed by atoms with E-state index in [9.17, 15) is 4.79 Å². The van der Waals surface area contributed by atoms with Crippen molar-refractivity contribution in [2.75, 3.05) is 0 Å². The molecule has 1 aromatic heterocycles. The van der Waals surface area contributed by atoms with Crippen molar-refractivity contribution in [2.45, 2.75) is 18.9 Å². The quantitative estimate of drug-likeness (QED) is 0.811. The molecule has 1 aromatic carbocycles. The molecule has 0 bridgehead atoms. The highest BCUT2D eigenvalue weighted by atomic mass is 16.4. The first-order valence-electron chi connectivity index (χ1n) is 4.97. The number of benzene rings is 1. The van der Waals surface area contributed by atoms with E-state index in [0.29, 0.717) is 6.04 Å². The van der Waals surface area contributed by atoms with E-state index in [1.165, 1.54) is 0 Å². The van der Waals surface area contributed by atoms with E-state index in [4.69, 9.17) is 5.11 Å². The number of aromatic carboxylic acids is 1. The lowest BCUT2D eigenvalue weighted by atomic mass is 10.3. The lowest BCUT2D eigenvalue weighted by Crippen LogP contribution is -2.08. The Balaban J connectivity index is 2.33. The molecule has 1 aliphatic carbocycles. The minimum absolute atomic E-state index is 0.165. The molecule has 76 valence electrons. The second-order valence-electron chi connectivity index (χ2n) is 3.83. The summed E-state index contributed by atoms with van der Waals surface area (Å²) in [6.07, 6.45) is 2.11. The maximum Gasteiger partial charge on any atom is 0.372 e. The van der Waals surface area contributed by atoms with Crippen LogP contribution in [0.1, 0.15) is 29.5 Å². The van der Waals surface area contributed by atoms with Crippen LogP contribution in [-0.4, -0.2) is 20.6 Å². The Morgan fingerprint density at radius 2 is 2.13 bits per heavy atom. The number of carboxylic acid groups (broad SMARTS) is 1. The molecule has 0 saturated heterocycles. The van der Waals surface area contributed by atoms with Crippen LogP contribution in [0.3, 0.4) is 0 Å². The zero-order valence-corrected chi connectivity index (χ0v) is 8.05. The van der Waals surface area contributed by atoms with Crippen LogP contribution < -0.4 is 0 Å². The van der Waals surface area contributed by atoms with Crippen LogP contribution in [0.4, 0.5) is 0 Å². The standard InChI is InChI=1S/C11H10N2O2/c14-11(15)10-12-8-3-1-2-4-9(8)13(10)7-5-6-7/h1-4,7H,5-6H2,(H,14,15). The minimum Gasteiger partial charge on any atom is -0.475 e. The molecule has 0 spiro atoms. The molecular formula is C11H10N2O2. The number of carbonyl (C=O) groups is 1. The van der Waals surface area contributed by atoms with Gasteiger partial charge in [0.25, 0.3) is 0 Å². The van der Waals surface area contributed by atoms with Gasteiger partial charge in [0.05, 0.1) is 11.0 Å². The van der Waals surface area contributed by atoms with Gasteiger partial charge in [0.15, 0.2) is 0 Å². The topological polar surface area (TPSA) is 55.1 Å². The summed E-state index contributed by atoms with van der Waals surface area (Å²) in [5.74, 6) is -0.781. The summed E-state index contributed by atoms with van der Waals surface area (Å²) in [6, 6.07) is 7.89. The predicted octanol–water partition coefficient (Wildman–Crippen LogP) is 2.07. The van der Waals surface area contributed by atoms with Crippen LogP contribution in [-0.2, 0) is 0 Å². The third-order valence-electron chi connectivity index (χ3n) is 2.70. The van der Waals surface area contributed by atoms with E-state index in [2.05, 4.69) is 4.98 Å². The van der Waals surface area contributed by atoms with Crippen LogP contribution >= 0.6 is 0 Å². The lowest BCUT2D eigenvalue weighted by Gasteiger charge is -2.03. The Bertz CT molecular complexity index is 541. The molecule has 1 aliphatic rings. The molecular weight excluding hydrogens is 192 g/mol. The summed E-state index contributed by atoms with van der Waals surface area (Å²) >= 11 is 0. The number of fused-ring (bicyclic) bond motifs is 1. The van der Waals surface area contributed by atoms with Gasteiger partial charge in [-0.05, 0) is 25.0 Å². The SMILES string of the molecule is O=C(O)c1nc2ccccc2n1C1CC1. The molecule has 0 amide bonds. The lowest BCUT2D eigenvalue weighted by molar-refractivity contribution is 0.0678. The summed E-state index contributed by atoms with van der Waals surface area (Å²) in [4.78, 5) is 15.2. The van der Waals surface area contributed by atoms with Gasteiger partial charge < -0.3 is 9.67 Å². The molecule has 1 heterocycles. The first kappa shape index (κ1) is 8.47. The number of aromatic nitrogens is 2. The molecule has 1 fully saturated rings. The Labute approximate surface area is 86.2 Å². The molecule has 0 atom stereocenters. The van der Waals surface area contributed by atoms with Crippen molar-refractivity contribution in [1.29, 1.82) is 0 Å². The number of hydrogen-bond acceptors (Lipinski definition) is 2. The van der Waals surface area contributed by atoms with Crippen LogP contribution in [0.25, 0.3) is 11.0 Å². The average molecular weight is 202 g/mol. The van der Waals surface area contributed by atoms with Gasteiger partial charge in [0.2, 0.25) is 5.82 Å². The van der Waals surface area contributed by atoms with Crippen LogP contribution in [0, 0.1) is 0 Å². The largest absolute Gasteiger partial charge is 0.475 e. The summed E-state index contributed by atoms with van der Waals surface area (Å²) in [7, 11) is 0. The molecule has 0 unspecified atom stereocenters. The summed E-state index contributed by atoms with van der Waals surface area (Å²) < 4.78 is 1.84. The molecule has 15 heavy (non-hydrogen) atoms. The smallest absolute Gasteiger partial charge is 0.372 e. The van der Waals surface area contributed by atoms with E-state index >= 15 is 0 Å². The highest BCUT2D eigenvalue weighted by molar-refractivity contribution is 5.90. The fourth-order valence-electron chi connectivity index (χ4n) is 1.90. The van der Waals surface area contributed by atoms with Gasteiger partial charge in [-0.25, -0.2) is 9.78 Å². The monoisotopic (exact) mass is 202 g/mol. The number of hydrogen-bond donors (Lipinski definition) is 1. The van der Waals surface area contributed by atoms with Crippen molar-refractivity contribution in [3.05, 3.63) is 30.1 Å². The Hall–Kier alpha value is -1.84. The molecule has 1 saturated carbocycles. The average Bonchev–Trinajstić information content (AvgIpc) is 2.98. The zero-order chi connectivity index (χ0) is 10.4. The second kappa shape index (κ2) is 2.82. The van der Waals surface area contributed by atoms with E-state index in [1.54, 1.807) is 0 Å². The number of nitrogens with zero attached hydrogens (tertiary/aromatic N) is 2.